The van der Waals surface area contributed by atoms with E-state index in [1.807, 2.05) is 0 Å². The van der Waals surface area contributed by atoms with Crippen LogP contribution in [-0.4, -0.2) is 18.2 Å². The van der Waals surface area contributed by atoms with Crippen molar-refractivity contribution in [3.05, 3.63) is 35.4 Å². The summed E-state index contributed by atoms with van der Waals surface area (Å²) in [5, 5.41) is 8.05. The summed E-state index contributed by atoms with van der Waals surface area (Å²) in [6.45, 7) is 3.62. The van der Waals surface area contributed by atoms with Gasteiger partial charge in [-0.1, -0.05) is 24.3 Å². The number of hydrogen-bond donors (Lipinski definition) is 1. The Balaban J connectivity index is 1.57. The predicted molar refractivity (Wildman–Crippen MR) is 83.0 cm³/mol. The number of nitrogens with zero attached hydrogens (tertiary/aromatic N) is 2. The zero-order valence-electron chi connectivity index (χ0n) is 12.1. The van der Waals surface area contributed by atoms with Crippen LogP contribution < -0.4 is 5.73 Å². The molecule has 20 heavy (non-hydrogen) atoms. The smallest absolute Gasteiger partial charge is 0.122 e. The van der Waals surface area contributed by atoms with Crippen molar-refractivity contribution in [1.82, 2.24) is 0 Å². The Morgan fingerprint density at radius 1 is 1.15 bits per heavy atom. The van der Waals surface area contributed by atoms with Crippen LogP contribution in [0.4, 0.5) is 0 Å². The number of ether oxygens (including phenoxy) is 1. The van der Waals surface area contributed by atoms with Gasteiger partial charge in [0.15, 0.2) is 0 Å². The van der Waals surface area contributed by atoms with Gasteiger partial charge in [-0.3, -0.25) is 0 Å². The molecule has 0 aromatic heterocycles. The van der Waals surface area contributed by atoms with Crippen molar-refractivity contribution in [2.24, 2.45) is 15.9 Å². The number of aryl methyl sites for hydroxylation is 1. The first-order valence-electron chi connectivity index (χ1n) is 7.25. The minimum absolute atomic E-state index is 0.648. The van der Waals surface area contributed by atoms with Gasteiger partial charge in [0.25, 0.3) is 0 Å². The Labute approximate surface area is 120 Å². The van der Waals surface area contributed by atoms with E-state index in [2.05, 4.69) is 41.4 Å². The van der Waals surface area contributed by atoms with E-state index in [9.17, 15) is 0 Å². The van der Waals surface area contributed by atoms with Crippen LogP contribution in [0, 0.1) is 6.92 Å². The van der Waals surface area contributed by atoms with E-state index in [1.54, 1.807) is 0 Å². The average Bonchev–Trinajstić information content (AvgIpc) is 2.46. The third-order valence-corrected chi connectivity index (χ3v) is 3.51. The minimum atomic E-state index is 0.648. The van der Waals surface area contributed by atoms with E-state index in [0.717, 1.165) is 44.4 Å². The van der Waals surface area contributed by atoms with E-state index in [0.29, 0.717) is 12.4 Å². The van der Waals surface area contributed by atoms with Gasteiger partial charge in [0, 0.05) is 18.7 Å². The topological polar surface area (TPSA) is 60.0 Å². The summed E-state index contributed by atoms with van der Waals surface area (Å²) in [5.74, 6) is 0.648. The quantitative estimate of drug-likeness (QED) is 0.776. The summed E-state index contributed by atoms with van der Waals surface area (Å²) >= 11 is 0. The molecule has 2 N–H and O–H groups in total. The normalized spacial score (nSPS) is 14.8. The molecule has 2 rings (SSSR count). The van der Waals surface area contributed by atoms with Crippen LogP contribution in [0.3, 0.4) is 0 Å². The van der Waals surface area contributed by atoms with Crippen molar-refractivity contribution >= 4 is 11.5 Å². The molecule has 0 amide bonds. The van der Waals surface area contributed by atoms with Crippen LogP contribution in [0.15, 0.2) is 34.5 Å². The van der Waals surface area contributed by atoms with Crippen molar-refractivity contribution in [1.29, 1.82) is 0 Å². The fourth-order valence-corrected chi connectivity index (χ4v) is 2.17. The minimum Gasteiger partial charge on any atom is -0.386 e. The lowest BCUT2D eigenvalue weighted by Crippen LogP contribution is -2.17. The van der Waals surface area contributed by atoms with Crippen LogP contribution in [0.25, 0.3) is 0 Å². The molecule has 108 valence electrons. The Morgan fingerprint density at radius 2 is 2.00 bits per heavy atom. The van der Waals surface area contributed by atoms with Gasteiger partial charge in [-0.15, -0.1) is 5.10 Å². The van der Waals surface area contributed by atoms with Gasteiger partial charge in [0.2, 0.25) is 0 Å². The predicted octanol–water partition coefficient (Wildman–Crippen LogP) is 3.19. The van der Waals surface area contributed by atoms with Crippen LogP contribution in [0.1, 0.15) is 43.2 Å². The highest BCUT2D eigenvalue weighted by atomic mass is 16.5. The van der Waals surface area contributed by atoms with E-state index in [4.69, 9.17) is 10.5 Å². The molecular formula is C16H23N3O. The fraction of sp³-hybridized carbons (Fsp3) is 0.500. The van der Waals surface area contributed by atoms with Crippen LogP contribution in [0.2, 0.25) is 0 Å². The van der Waals surface area contributed by atoms with E-state index in [-0.39, 0.29) is 0 Å². The first-order valence-corrected chi connectivity index (χ1v) is 7.25. The van der Waals surface area contributed by atoms with Gasteiger partial charge < -0.3 is 10.5 Å². The van der Waals surface area contributed by atoms with Gasteiger partial charge in [0.05, 0.1) is 6.61 Å². The number of hydrogen-bond acceptors (Lipinski definition) is 4. The third-order valence-electron chi connectivity index (χ3n) is 3.51. The SMILES string of the molecule is Cc1ccccc1COCCCCC1=NN=C(N)CC1. The molecule has 1 aromatic rings. The molecule has 4 nitrogen and oxygen atoms in total. The summed E-state index contributed by atoms with van der Waals surface area (Å²) in [5.41, 5.74) is 9.31. The summed E-state index contributed by atoms with van der Waals surface area (Å²) in [6.07, 6.45) is 4.97. The number of rotatable bonds is 7. The highest BCUT2D eigenvalue weighted by Gasteiger charge is 2.06. The van der Waals surface area contributed by atoms with Gasteiger partial charge in [0.1, 0.15) is 5.84 Å². The number of benzene rings is 1. The Kier molecular flexibility index (Phi) is 5.74. The number of unbranched alkanes of at least 4 members (excludes halogenated alkanes) is 1. The molecule has 0 aliphatic carbocycles. The maximum Gasteiger partial charge on any atom is 0.122 e. The fourth-order valence-electron chi connectivity index (χ4n) is 2.17. The zero-order chi connectivity index (χ0) is 14.2. The van der Waals surface area contributed by atoms with Crippen molar-refractivity contribution in [3.8, 4) is 0 Å². The second-order valence-corrected chi connectivity index (χ2v) is 5.19. The van der Waals surface area contributed by atoms with Crippen LogP contribution >= 0.6 is 0 Å². The lowest BCUT2D eigenvalue weighted by atomic mass is 10.1. The molecule has 1 aromatic carbocycles. The maximum absolute atomic E-state index is 5.72. The molecule has 0 atom stereocenters. The van der Waals surface area contributed by atoms with Crippen LogP contribution in [0.5, 0.6) is 0 Å². The highest BCUT2D eigenvalue weighted by molar-refractivity contribution is 5.93. The van der Waals surface area contributed by atoms with Crippen molar-refractivity contribution in [2.45, 2.75) is 45.6 Å². The summed E-state index contributed by atoms with van der Waals surface area (Å²) in [4.78, 5) is 0. The van der Waals surface area contributed by atoms with E-state index in [1.165, 1.54) is 11.1 Å². The molecule has 0 spiro atoms. The Hall–Kier alpha value is -1.68. The summed E-state index contributed by atoms with van der Waals surface area (Å²) in [6, 6.07) is 8.35. The maximum atomic E-state index is 5.72. The van der Waals surface area contributed by atoms with E-state index >= 15 is 0 Å². The second kappa shape index (κ2) is 7.80. The van der Waals surface area contributed by atoms with Gasteiger partial charge in [-0.2, -0.15) is 5.10 Å². The van der Waals surface area contributed by atoms with Crippen LogP contribution in [-0.2, 0) is 11.3 Å². The molecule has 0 radical (unpaired) electrons. The van der Waals surface area contributed by atoms with Gasteiger partial charge in [-0.05, 0) is 43.7 Å². The standard InChI is InChI=1S/C16H23N3O/c1-13-6-2-3-7-14(13)12-20-11-5-4-8-15-9-10-16(17)19-18-15/h2-3,6-7H,4-5,8-12H2,1H3,(H2,17,19). The summed E-state index contributed by atoms with van der Waals surface area (Å²) < 4.78 is 5.72. The van der Waals surface area contributed by atoms with Crippen molar-refractivity contribution < 1.29 is 4.74 Å². The first kappa shape index (κ1) is 14.7. The molecule has 4 heteroatoms. The molecule has 0 saturated carbocycles. The largest absolute Gasteiger partial charge is 0.386 e. The molecule has 1 aliphatic heterocycles. The monoisotopic (exact) mass is 273 g/mol. The van der Waals surface area contributed by atoms with Gasteiger partial charge in [-0.25, -0.2) is 0 Å². The highest BCUT2D eigenvalue weighted by Crippen LogP contribution is 2.10. The lowest BCUT2D eigenvalue weighted by molar-refractivity contribution is 0.117. The molecule has 0 bridgehead atoms. The lowest BCUT2D eigenvalue weighted by Gasteiger charge is -2.09. The molecule has 0 unspecified atom stereocenters. The van der Waals surface area contributed by atoms with Crippen molar-refractivity contribution in [3.63, 3.8) is 0 Å². The molecule has 0 fully saturated rings. The average molecular weight is 273 g/mol. The number of nitrogens with two attached hydrogens (primary N) is 1. The van der Waals surface area contributed by atoms with Crippen molar-refractivity contribution in [2.75, 3.05) is 6.61 Å². The summed E-state index contributed by atoms with van der Waals surface area (Å²) in [7, 11) is 0. The second-order valence-electron chi connectivity index (χ2n) is 5.19. The van der Waals surface area contributed by atoms with Gasteiger partial charge >= 0.3 is 0 Å². The zero-order valence-corrected chi connectivity index (χ0v) is 12.1. The molecule has 1 aliphatic rings. The Morgan fingerprint density at radius 3 is 2.75 bits per heavy atom. The molecule has 1 heterocycles. The molecular weight excluding hydrogens is 250 g/mol. The third kappa shape index (κ3) is 4.78. The number of amidine groups is 1. The van der Waals surface area contributed by atoms with E-state index < -0.39 is 0 Å². The Bertz CT molecular complexity index is 494. The molecule has 0 saturated heterocycles. The first-order chi connectivity index (χ1) is 9.75.